The molecule has 0 saturated heterocycles. The van der Waals surface area contributed by atoms with Gasteiger partial charge >= 0.3 is 11.9 Å². The van der Waals surface area contributed by atoms with Gasteiger partial charge in [-0.15, -0.1) is 0 Å². The zero-order valence-corrected chi connectivity index (χ0v) is 12.4. The molecule has 1 aliphatic rings. The molecule has 1 aromatic rings. The van der Waals surface area contributed by atoms with Gasteiger partial charge in [-0.3, -0.25) is 19.7 Å². The second-order valence-corrected chi connectivity index (χ2v) is 5.02. The lowest BCUT2D eigenvalue weighted by Crippen LogP contribution is -2.31. The zero-order valence-electron chi connectivity index (χ0n) is 12.4. The summed E-state index contributed by atoms with van der Waals surface area (Å²) < 4.78 is 10.0. The van der Waals surface area contributed by atoms with Gasteiger partial charge in [-0.1, -0.05) is 12.1 Å². The number of rotatable bonds is 6. The van der Waals surface area contributed by atoms with Crippen LogP contribution in [0.1, 0.15) is 31.7 Å². The van der Waals surface area contributed by atoms with Crippen LogP contribution in [-0.4, -0.2) is 30.1 Å². The molecule has 118 valence electrons. The van der Waals surface area contributed by atoms with Gasteiger partial charge in [0.05, 0.1) is 18.1 Å². The van der Waals surface area contributed by atoms with Gasteiger partial charge < -0.3 is 9.47 Å². The monoisotopic (exact) mass is 307 g/mol. The molecule has 0 radical (unpaired) electrons. The van der Waals surface area contributed by atoms with Gasteiger partial charge in [0, 0.05) is 18.1 Å². The Labute approximate surface area is 127 Å². The van der Waals surface area contributed by atoms with Crippen molar-refractivity contribution in [3.8, 4) is 0 Å². The first-order chi connectivity index (χ1) is 10.5. The maximum absolute atomic E-state index is 12.2. The first-order valence-corrected chi connectivity index (χ1v) is 7.06. The first kappa shape index (κ1) is 15.9. The lowest BCUT2D eigenvalue weighted by Gasteiger charge is -2.14. The average Bonchev–Trinajstić information content (AvgIpc) is 3.25. The van der Waals surface area contributed by atoms with Crippen molar-refractivity contribution in [2.24, 2.45) is 5.41 Å². The predicted octanol–water partition coefficient (Wildman–Crippen LogP) is 2.19. The number of benzene rings is 1. The number of nitrogens with zero attached hydrogens (tertiary/aromatic N) is 1. The van der Waals surface area contributed by atoms with E-state index >= 15 is 0 Å². The van der Waals surface area contributed by atoms with E-state index < -0.39 is 22.3 Å². The molecule has 1 aromatic carbocycles. The maximum Gasteiger partial charge on any atom is 0.324 e. The molecule has 0 spiro atoms. The highest BCUT2D eigenvalue weighted by Crippen LogP contribution is 2.61. The second-order valence-electron chi connectivity index (χ2n) is 5.02. The highest BCUT2D eigenvalue weighted by molar-refractivity contribution is 6.05. The van der Waals surface area contributed by atoms with Crippen LogP contribution >= 0.6 is 0 Å². The molecule has 7 heteroatoms. The van der Waals surface area contributed by atoms with Crippen molar-refractivity contribution in [1.29, 1.82) is 0 Å². The van der Waals surface area contributed by atoms with Crippen LogP contribution in [0.3, 0.4) is 0 Å². The van der Waals surface area contributed by atoms with E-state index in [0.29, 0.717) is 12.0 Å². The van der Waals surface area contributed by atoms with E-state index in [2.05, 4.69) is 0 Å². The Morgan fingerprint density at radius 2 is 1.68 bits per heavy atom. The minimum absolute atomic E-state index is 0.0396. The van der Waals surface area contributed by atoms with E-state index in [0.717, 1.165) is 0 Å². The topological polar surface area (TPSA) is 95.7 Å². The number of nitro groups is 1. The zero-order chi connectivity index (χ0) is 16.3. The Hall–Kier alpha value is -2.44. The standard InChI is InChI=1S/C15H17NO6/c1-3-21-13(17)15(14(18)22-4-2)9-12(15)10-5-7-11(8-6-10)16(19)20/h5-8,12H,3-4,9H2,1-2H3. The van der Waals surface area contributed by atoms with Crippen molar-refractivity contribution < 1.29 is 24.0 Å². The van der Waals surface area contributed by atoms with Crippen LogP contribution in [0.15, 0.2) is 24.3 Å². The molecule has 0 aromatic heterocycles. The smallest absolute Gasteiger partial charge is 0.324 e. The maximum atomic E-state index is 12.2. The Bertz CT molecular complexity index is 577. The van der Waals surface area contributed by atoms with E-state index in [1.807, 2.05) is 0 Å². The number of carbonyl (C=O) groups excluding carboxylic acids is 2. The van der Waals surface area contributed by atoms with Crippen LogP contribution in [0.25, 0.3) is 0 Å². The third-order valence-electron chi connectivity index (χ3n) is 3.75. The van der Waals surface area contributed by atoms with Gasteiger partial charge in [0.1, 0.15) is 0 Å². The van der Waals surface area contributed by atoms with Crippen molar-refractivity contribution >= 4 is 17.6 Å². The van der Waals surface area contributed by atoms with Crippen LogP contribution in [0, 0.1) is 15.5 Å². The third-order valence-corrected chi connectivity index (χ3v) is 3.75. The fraction of sp³-hybridized carbons (Fsp3) is 0.467. The Morgan fingerprint density at radius 1 is 1.18 bits per heavy atom. The second kappa shape index (κ2) is 6.13. The molecule has 1 unspecified atom stereocenters. The molecule has 0 aliphatic heterocycles. The van der Waals surface area contributed by atoms with E-state index in [-0.39, 0.29) is 24.8 Å². The lowest BCUT2D eigenvalue weighted by atomic mass is 9.99. The summed E-state index contributed by atoms with van der Waals surface area (Å²) in [7, 11) is 0. The number of nitro benzene ring substituents is 1. The van der Waals surface area contributed by atoms with Crippen molar-refractivity contribution in [2.75, 3.05) is 13.2 Å². The predicted molar refractivity (Wildman–Crippen MR) is 76.2 cm³/mol. The van der Waals surface area contributed by atoms with E-state index in [4.69, 9.17) is 9.47 Å². The molecule has 0 amide bonds. The van der Waals surface area contributed by atoms with Gasteiger partial charge in [-0.05, 0) is 25.8 Å². The molecule has 0 bridgehead atoms. The van der Waals surface area contributed by atoms with Crippen LogP contribution < -0.4 is 0 Å². The molecule has 1 saturated carbocycles. The quantitative estimate of drug-likeness (QED) is 0.346. The Kier molecular flexibility index (Phi) is 4.44. The molecule has 1 fully saturated rings. The number of ether oxygens (including phenoxy) is 2. The normalized spacial score (nSPS) is 18.4. The Morgan fingerprint density at radius 3 is 2.09 bits per heavy atom. The minimum atomic E-state index is -1.32. The number of carbonyl (C=O) groups is 2. The summed E-state index contributed by atoms with van der Waals surface area (Å²) in [5.41, 5.74) is -0.670. The minimum Gasteiger partial charge on any atom is -0.465 e. The molecule has 2 rings (SSSR count). The number of hydrogen-bond acceptors (Lipinski definition) is 6. The molecular formula is C15H17NO6. The molecule has 7 nitrogen and oxygen atoms in total. The van der Waals surface area contributed by atoms with Gasteiger partial charge in [0.2, 0.25) is 0 Å². The summed E-state index contributed by atoms with van der Waals surface area (Å²) in [6.07, 6.45) is 0.294. The summed E-state index contributed by atoms with van der Waals surface area (Å²) in [5.74, 6) is -1.57. The third kappa shape index (κ3) is 2.66. The van der Waals surface area contributed by atoms with E-state index in [1.54, 1.807) is 26.0 Å². The summed E-state index contributed by atoms with van der Waals surface area (Å²) in [4.78, 5) is 34.5. The fourth-order valence-corrected chi connectivity index (χ4v) is 2.55. The van der Waals surface area contributed by atoms with Crippen LogP contribution in [0.4, 0.5) is 5.69 Å². The van der Waals surface area contributed by atoms with Crippen molar-refractivity contribution in [3.05, 3.63) is 39.9 Å². The lowest BCUT2D eigenvalue weighted by molar-refractivity contribution is -0.384. The van der Waals surface area contributed by atoms with Crippen molar-refractivity contribution in [2.45, 2.75) is 26.2 Å². The number of hydrogen-bond donors (Lipinski definition) is 0. The van der Waals surface area contributed by atoms with Gasteiger partial charge in [-0.2, -0.15) is 0 Å². The van der Waals surface area contributed by atoms with Gasteiger partial charge in [0.15, 0.2) is 5.41 Å². The molecule has 0 heterocycles. The SMILES string of the molecule is CCOC(=O)C1(C(=O)OCC)CC1c1ccc([N+](=O)[O-])cc1. The fourth-order valence-electron chi connectivity index (χ4n) is 2.55. The molecular weight excluding hydrogens is 290 g/mol. The van der Waals surface area contributed by atoms with E-state index in [9.17, 15) is 19.7 Å². The molecule has 0 N–H and O–H groups in total. The summed E-state index contributed by atoms with van der Waals surface area (Å²) in [6.45, 7) is 3.68. The summed E-state index contributed by atoms with van der Waals surface area (Å²) in [6, 6.07) is 5.83. The van der Waals surface area contributed by atoms with Crippen LogP contribution in [0.5, 0.6) is 0 Å². The van der Waals surface area contributed by atoms with Crippen LogP contribution in [0.2, 0.25) is 0 Å². The summed E-state index contributed by atoms with van der Waals surface area (Å²) in [5, 5.41) is 10.7. The largest absolute Gasteiger partial charge is 0.465 e. The Balaban J connectivity index is 2.26. The highest BCUT2D eigenvalue weighted by atomic mass is 16.6. The van der Waals surface area contributed by atoms with Crippen molar-refractivity contribution in [3.63, 3.8) is 0 Å². The summed E-state index contributed by atoms with van der Waals surface area (Å²) >= 11 is 0. The molecule has 1 aliphatic carbocycles. The van der Waals surface area contributed by atoms with Gasteiger partial charge in [-0.25, -0.2) is 0 Å². The van der Waals surface area contributed by atoms with Crippen molar-refractivity contribution in [1.82, 2.24) is 0 Å². The van der Waals surface area contributed by atoms with E-state index in [1.165, 1.54) is 12.1 Å². The highest BCUT2D eigenvalue weighted by Gasteiger charge is 2.68. The molecule has 1 atom stereocenters. The average molecular weight is 307 g/mol. The van der Waals surface area contributed by atoms with Crippen LogP contribution in [-0.2, 0) is 19.1 Å². The number of esters is 2. The van der Waals surface area contributed by atoms with Gasteiger partial charge in [0.25, 0.3) is 5.69 Å². The number of non-ortho nitro benzene ring substituents is 1. The molecule has 22 heavy (non-hydrogen) atoms. The first-order valence-electron chi connectivity index (χ1n) is 7.06.